The minimum Gasteiger partial charge on any atom is -0.497 e. The number of anilines is 1. The summed E-state index contributed by atoms with van der Waals surface area (Å²) >= 11 is 0. The molecule has 1 fully saturated rings. The average molecular weight is 479 g/mol. The summed E-state index contributed by atoms with van der Waals surface area (Å²) in [5.41, 5.74) is 4.23. The van der Waals surface area contributed by atoms with E-state index in [4.69, 9.17) is 14.2 Å². The lowest BCUT2D eigenvalue weighted by atomic mass is 9.87. The van der Waals surface area contributed by atoms with E-state index < -0.39 is 5.60 Å². The summed E-state index contributed by atoms with van der Waals surface area (Å²) in [5, 5.41) is 0. The van der Waals surface area contributed by atoms with Gasteiger partial charge in [-0.15, -0.1) is 0 Å². The summed E-state index contributed by atoms with van der Waals surface area (Å²) in [6, 6.07) is 10.2. The van der Waals surface area contributed by atoms with Crippen molar-refractivity contribution < 1.29 is 23.8 Å². The van der Waals surface area contributed by atoms with E-state index in [1.165, 1.54) is 5.56 Å². The number of Topliss-reactive ketones (excluding diaryl/α,β-unsaturated/α-hetero) is 1. The highest BCUT2D eigenvalue weighted by Crippen LogP contribution is 2.52. The van der Waals surface area contributed by atoms with Gasteiger partial charge in [0, 0.05) is 37.2 Å². The molecule has 1 amide bonds. The Bertz CT molecular complexity index is 1170. The standard InChI is InChI=1S/C28H34N2O5/c1-17(31)21-15-19(33-5)7-8-20(21)18-13-22-23-16-29(27(32)35-28(2,3)4)11-9-24(23)30-10-6-12-34-25(14-18)26(22)30/h7-8,13-15,23-24H,6,9-12,16H2,1-5H3/t23-,24-/m0/s1. The molecule has 3 heterocycles. The summed E-state index contributed by atoms with van der Waals surface area (Å²) in [5.74, 6) is 1.66. The van der Waals surface area contributed by atoms with Gasteiger partial charge >= 0.3 is 6.09 Å². The largest absolute Gasteiger partial charge is 0.497 e. The van der Waals surface area contributed by atoms with Gasteiger partial charge in [0.25, 0.3) is 0 Å². The Hall–Kier alpha value is -3.22. The number of likely N-dealkylation sites (tertiary alicyclic amines) is 1. The van der Waals surface area contributed by atoms with E-state index in [0.717, 1.165) is 42.0 Å². The number of methoxy groups -OCH3 is 1. The molecular formula is C28H34N2O5. The van der Waals surface area contributed by atoms with Crippen molar-refractivity contribution >= 4 is 17.6 Å². The lowest BCUT2D eigenvalue weighted by molar-refractivity contribution is 0.0189. The molecule has 3 aliphatic rings. The van der Waals surface area contributed by atoms with E-state index in [0.29, 0.717) is 37.1 Å². The molecule has 7 nitrogen and oxygen atoms in total. The minimum atomic E-state index is -0.528. The van der Waals surface area contributed by atoms with Crippen LogP contribution in [0.25, 0.3) is 11.1 Å². The molecule has 35 heavy (non-hydrogen) atoms. The van der Waals surface area contributed by atoms with Crippen LogP contribution in [0.15, 0.2) is 30.3 Å². The molecule has 186 valence electrons. The molecule has 0 unspecified atom stereocenters. The molecule has 5 rings (SSSR count). The van der Waals surface area contributed by atoms with Crippen LogP contribution in [0.2, 0.25) is 0 Å². The van der Waals surface area contributed by atoms with E-state index in [1.807, 2.05) is 37.8 Å². The van der Waals surface area contributed by atoms with Crippen LogP contribution in [0, 0.1) is 0 Å². The fraction of sp³-hybridized carbons (Fsp3) is 0.500. The Kier molecular flexibility index (Phi) is 5.90. The third-order valence-electron chi connectivity index (χ3n) is 7.14. The van der Waals surface area contributed by atoms with Crippen molar-refractivity contribution in [3.63, 3.8) is 0 Å². The number of rotatable bonds is 3. The van der Waals surface area contributed by atoms with Crippen LogP contribution in [0.4, 0.5) is 10.5 Å². The number of hydrogen-bond acceptors (Lipinski definition) is 6. The molecule has 0 N–H and O–H groups in total. The molecule has 0 spiro atoms. The van der Waals surface area contributed by atoms with Gasteiger partial charge in [-0.05, 0) is 87.6 Å². The van der Waals surface area contributed by atoms with Gasteiger partial charge in [-0.3, -0.25) is 4.79 Å². The summed E-state index contributed by atoms with van der Waals surface area (Å²) in [6.45, 7) is 10.2. The SMILES string of the molecule is COc1ccc(-c2cc3c4c(c2)[C@@H]2CN(C(=O)OC(C)(C)C)CC[C@@H]2N4CCCO3)c(C(C)=O)c1. The number of fused-ring (bicyclic) bond motifs is 3. The molecule has 2 atom stereocenters. The van der Waals surface area contributed by atoms with Crippen LogP contribution in [0.5, 0.6) is 11.5 Å². The van der Waals surface area contributed by atoms with E-state index in [-0.39, 0.29) is 17.8 Å². The summed E-state index contributed by atoms with van der Waals surface area (Å²) < 4.78 is 17.3. The van der Waals surface area contributed by atoms with Crippen molar-refractivity contribution in [2.75, 3.05) is 38.3 Å². The first kappa shape index (κ1) is 23.5. The molecule has 3 aliphatic heterocycles. The molecule has 0 radical (unpaired) electrons. The molecule has 2 aromatic carbocycles. The van der Waals surface area contributed by atoms with Crippen molar-refractivity contribution in [2.24, 2.45) is 0 Å². The Morgan fingerprint density at radius 2 is 1.91 bits per heavy atom. The third-order valence-corrected chi connectivity index (χ3v) is 7.14. The van der Waals surface area contributed by atoms with Crippen LogP contribution < -0.4 is 14.4 Å². The van der Waals surface area contributed by atoms with Crippen LogP contribution >= 0.6 is 0 Å². The fourth-order valence-corrected chi connectivity index (χ4v) is 5.65. The second-order valence-electron chi connectivity index (χ2n) is 10.7. The van der Waals surface area contributed by atoms with Crippen LogP contribution in [-0.2, 0) is 4.74 Å². The number of ether oxygens (including phenoxy) is 3. The highest BCUT2D eigenvalue weighted by molar-refractivity contribution is 6.01. The lowest BCUT2D eigenvalue weighted by Gasteiger charge is -2.39. The number of carbonyl (C=O) groups is 2. The molecule has 1 saturated heterocycles. The van der Waals surface area contributed by atoms with Crippen LogP contribution in [-0.4, -0.2) is 61.8 Å². The molecular weight excluding hydrogens is 444 g/mol. The Morgan fingerprint density at radius 1 is 1.11 bits per heavy atom. The van der Waals surface area contributed by atoms with Gasteiger partial charge < -0.3 is 24.0 Å². The number of nitrogens with zero attached hydrogens (tertiary/aromatic N) is 2. The highest BCUT2D eigenvalue weighted by Gasteiger charge is 2.45. The number of carbonyl (C=O) groups excluding carboxylic acids is 2. The molecule has 0 aromatic heterocycles. The zero-order chi connectivity index (χ0) is 24.9. The van der Waals surface area contributed by atoms with E-state index in [9.17, 15) is 9.59 Å². The molecule has 2 aromatic rings. The van der Waals surface area contributed by atoms with Crippen molar-refractivity contribution in [3.05, 3.63) is 41.5 Å². The number of ketones is 1. The Balaban J connectivity index is 1.57. The van der Waals surface area contributed by atoms with Gasteiger partial charge in [-0.25, -0.2) is 4.79 Å². The second kappa shape index (κ2) is 8.77. The van der Waals surface area contributed by atoms with Crippen LogP contribution in [0.3, 0.4) is 0 Å². The number of piperidine rings is 1. The van der Waals surface area contributed by atoms with E-state index in [2.05, 4.69) is 17.0 Å². The van der Waals surface area contributed by atoms with Gasteiger partial charge in [0.1, 0.15) is 17.1 Å². The predicted molar refractivity (Wildman–Crippen MR) is 135 cm³/mol. The van der Waals surface area contributed by atoms with Gasteiger partial charge in [0.15, 0.2) is 5.78 Å². The van der Waals surface area contributed by atoms with Crippen molar-refractivity contribution in [2.45, 2.75) is 58.1 Å². The first-order chi connectivity index (χ1) is 16.7. The van der Waals surface area contributed by atoms with Gasteiger partial charge in [-0.2, -0.15) is 0 Å². The Labute approximate surface area is 206 Å². The quantitative estimate of drug-likeness (QED) is 0.561. The maximum absolute atomic E-state index is 12.9. The highest BCUT2D eigenvalue weighted by atomic mass is 16.6. The summed E-state index contributed by atoms with van der Waals surface area (Å²) in [6.07, 6.45) is 1.57. The summed E-state index contributed by atoms with van der Waals surface area (Å²) in [4.78, 5) is 29.7. The Morgan fingerprint density at radius 3 is 2.63 bits per heavy atom. The van der Waals surface area contributed by atoms with Gasteiger partial charge in [0.05, 0.1) is 19.4 Å². The van der Waals surface area contributed by atoms with Gasteiger partial charge in [0.2, 0.25) is 0 Å². The monoisotopic (exact) mass is 478 g/mol. The maximum Gasteiger partial charge on any atom is 0.410 e. The normalized spacial score (nSPS) is 20.9. The third kappa shape index (κ3) is 4.32. The maximum atomic E-state index is 12.9. The zero-order valence-electron chi connectivity index (χ0n) is 21.2. The molecule has 0 saturated carbocycles. The average Bonchev–Trinajstić information content (AvgIpc) is 2.96. The molecule has 0 bridgehead atoms. The molecule has 7 heteroatoms. The predicted octanol–water partition coefficient (Wildman–Crippen LogP) is 5.26. The fourth-order valence-electron chi connectivity index (χ4n) is 5.65. The van der Waals surface area contributed by atoms with Crippen molar-refractivity contribution in [1.29, 1.82) is 0 Å². The summed E-state index contributed by atoms with van der Waals surface area (Å²) in [7, 11) is 1.60. The van der Waals surface area contributed by atoms with E-state index >= 15 is 0 Å². The number of hydrogen-bond donors (Lipinski definition) is 0. The zero-order valence-corrected chi connectivity index (χ0v) is 21.2. The first-order valence-electron chi connectivity index (χ1n) is 12.4. The van der Waals surface area contributed by atoms with Crippen molar-refractivity contribution in [3.8, 4) is 22.6 Å². The first-order valence-corrected chi connectivity index (χ1v) is 12.4. The lowest BCUT2D eigenvalue weighted by Crippen LogP contribution is -2.49. The minimum absolute atomic E-state index is 0.0144. The smallest absolute Gasteiger partial charge is 0.410 e. The van der Waals surface area contributed by atoms with E-state index in [1.54, 1.807) is 20.1 Å². The second-order valence-corrected chi connectivity index (χ2v) is 10.7. The number of benzene rings is 2. The number of amides is 1. The van der Waals surface area contributed by atoms with Crippen LogP contribution in [0.1, 0.15) is 62.4 Å². The van der Waals surface area contributed by atoms with Gasteiger partial charge in [-0.1, -0.05) is 0 Å². The van der Waals surface area contributed by atoms with Crippen molar-refractivity contribution in [1.82, 2.24) is 4.90 Å². The topological polar surface area (TPSA) is 68.3 Å². The molecule has 0 aliphatic carbocycles.